The van der Waals surface area contributed by atoms with Crippen LogP contribution >= 0.6 is 11.8 Å². The van der Waals surface area contributed by atoms with E-state index in [-0.39, 0.29) is 24.7 Å². The van der Waals surface area contributed by atoms with E-state index < -0.39 is 20.6 Å². The van der Waals surface area contributed by atoms with Crippen molar-refractivity contribution in [3.05, 3.63) is 385 Å². The molecule has 0 amide bonds. The van der Waals surface area contributed by atoms with Crippen molar-refractivity contribution in [2.24, 2.45) is 0 Å². The molecule has 0 N–H and O–H groups in total. The van der Waals surface area contributed by atoms with Crippen LogP contribution in [0.25, 0.3) is 0 Å². The summed E-state index contributed by atoms with van der Waals surface area (Å²) < 4.78 is 69.7. The SMILES string of the molecule is COc1ccccc1N1c2ncccc2Oc2cc(C)cnc21.COc1ccccc1N1c2ncccc2S(=O)(=O)c2cc(C)cnc21.COc1ccccc1N1c2ncccc2S(=O)c2cc(C)cnc21.COc1ccccc1N1c2ncccc2Sc2cc(C)cnc21.Cc1cnc2c(c1)Cc1cccnc1N2c1ccccc1C.Cc1cnc2c(c1)[Se]c1cccnc1N2c1ccccc1C. The van der Waals surface area contributed by atoms with E-state index >= 15 is 0 Å². The third kappa shape index (κ3) is 18.2. The number of pyridine rings is 12. The van der Waals surface area contributed by atoms with Gasteiger partial charge in [-0.1, -0.05) is 90.6 Å². The van der Waals surface area contributed by atoms with Crippen LogP contribution in [0.15, 0.2) is 359 Å². The fourth-order valence-electron chi connectivity index (χ4n) is 16.8. The molecule has 6 aromatic carbocycles. The van der Waals surface area contributed by atoms with E-state index in [4.69, 9.17) is 33.7 Å². The van der Waals surface area contributed by atoms with Gasteiger partial charge in [0.2, 0.25) is 9.84 Å². The number of benzene rings is 6. The van der Waals surface area contributed by atoms with Gasteiger partial charge in [0.15, 0.2) is 58.0 Å². The summed E-state index contributed by atoms with van der Waals surface area (Å²) in [5.74, 6) is 13.3. The van der Waals surface area contributed by atoms with Gasteiger partial charge in [0, 0.05) is 74.0 Å². The summed E-state index contributed by atoms with van der Waals surface area (Å²) in [5.41, 5.74) is 16.8. The van der Waals surface area contributed by atoms with E-state index in [9.17, 15) is 12.6 Å². The molecule has 1 atom stereocenters. The number of sulfone groups is 1. The molecule has 690 valence electrons. The van der Waals surface area contributed by atoms with Gasteiger partial charge in [-0.05, 0) is 214 Å². The Labute approximate surface area is 818 Å². The summed E-state index contributed by atoms with van der Waals surface area (Å²) in [5, 5.41) is 0. The summed E-state index contributed by atoms with van der Waals surface area (Å²) in [6.07, 6.45) is 22.4. The Morgan fingerprint density at radius 2 is 0.676 bits per heavy atom. The van der Waals surface area contributed by atoms with E-state index in [1.807, 2.05) is 213 Å². The van der Waals surface area contributed by atoms with Gasteiger partial charge in [0.05, 0.1) is 87.3 Å². The maximum atomic E-state index is 13.0. The van der Waals surface area contributed by atoms with Crippen LogP contribution in [0.3, 0.4) is 0 Å². The molecular formula is C109H92N18O8S3Se. The molecular weight excluding hydrogens is 1860 g/mol. The predicted molar refractivity (Wildman–Crippen MR) is 547 cm³/mol. The number of hydrogen-bond donors (Lipinski definition) is 0. The summed E-state index contributed by atoms with van der Waals surface area (Å²) in [7, 11) is 1.53. The van der Waals surface area contributed by atoms with Gasteiger partial charge in [0.25, 0.3) is 0 Å². The van der Waals surface area contributed by atoms with Gasteiger partial charge < -0.3 is 23.7 Å². The second-order valence-electron chi connectivity index (χ2n) is 32.8. The van der Waals surface area contributed by atoms with Crippen molar-refractivity contribution in [1.29, 1.82) is 0 Å². The third-order valence-electron chi connectivity index (χ3n) is 23.1. The molecule has 12 aromatic heterocycles. The van der Waals surface area contributed by atoms with Gasteiger partial charge in [-0.15, -0.1) is 0 Å². The van der Waals surface area contributed by atoms with Crippen molar-refractivity contribution in [2.45, 2.75) is 91.2 Å². The van der Waals surface area contributed by atoms with E-state index in [0.717, 1.165) is 113 Å². The summed E-state index contributed by atoms with van der Waals surface area (Å²) in [6, 6.07) is 82.7. The van der Waals surface area contributed by atoms with Gasteiger partial charge in [-0.3, -0.25) is 24.5 Å². The van der Waals surface area contributed by atoms with Crippen LogP contribution in [-0.2, 0) is 27.1 Å². The molecule has 24 rings (SSSR count). The maximum absolute atomic E-state index is 13.0. The monoisotopic (exact) mass is 1960 g/mol. The number of para-hydroxylation sites is 10. The van der Waals surface area contributed by atoms with Crippen molar-refractivity contribution >= 4 is 160 Å². The van der Waals surface area contributed by atoms with Gasteiger partial charge >= 0.3 is 136 Å². The molecule has 6 aliphatic heterocycles. The number of fused-ring (bicyclic) bond motifs is 12. The van der Waals surface area contributed by atoms with Crippen LogP contribution in [0.5, 0.6) is 34.5 Å². The Kier molecular flexibility index (Phi) is 26.5. The molecule has 139 heavy (non-hydrogen) atoms. The van der Waals surface area contributed by atoms with E-state index in [2.05, 4.69) is 184 Å². The number of methoxy groups -OCH3 is 4. The average molecular weight is 1960 g/mol. The minimum absolute atomic E-state index is 0.154. The molecule has 18 aromatic rings. The van der Waals surface area contributed by atoms with E-state index in [1.54, 1.807) is 107 Å². The first-order valence-corrected chi connectivity index (χ1v) is 49.6. The topological polar surface area (TPSA) is 271 Å². The minimum atomic E-state index is -3.69. The zero-order valence-corrected chi connectivity index (χ0v) is 82.0. The van der Waals surface area contributed by atoms with Crippen LogP contribution in [0.4, 0.5) is 104 Å². The fraction of sp³-hybridized carbons (Fsp3) is 0.119. The van der Waals surface area contributed by atoms with Gasteiger partial charge in [-0.2, -0.15) is 0 Å². The van der Waals surface area contributed by atoms with Crippen LogP contribution in [0, 0.1) is 55.4 Å². The van der Waals surface area contributed by atoms with Crippen molar-refractivity contribution < 1.29 is 36.3 Å². The number of ether oxygens (including phenoxy) is 5. The number of aromatic nitrogens is 12. The molecule has 0 aliphatic carbocycles. The quantitative estimate of drug-likeness (QED) is 0.115. The molecule has 0 radical (unpaired) electrons. The molecule has 1 unspecified atom stereocenters. The van der Waals surface area contributed by atoms with E-state index in [0.29, 0.717) is 73.4 Å². The Bertz CT molecular complexity index is 7570. The summed E-state index contributed by atoms with van der Waals surface area (Å²) in [4.78, 5) is 70.6. The van der Waals surface area contributed by atoms with Crippen LogP contribution in [0.2, 0.25) is 0 Å². The second-order valence-corrected chi connectivity index (χ2v) is 39.5. The zero-order chi connectivity index (χ0) is 96.1. The third-order valence-corrected chi connectivity index (χ3v) is 29.6. The molecule has 30 heteroatoms. The molecule has 6 aliphatic rings. The first kappa shape index (κ1) is 92.0. The second kappa shape index (κ2) is 40.1. The number of rotatable bonds is 10. The number of hydrogen-bond acceptors (Lipinski definition) is 27. The van der Waals surface area contributed by atoms with Crippen molar-refractivity contribution in [2.75, 3.05) is 57.8 Å². The molecule has 0 fully saturated rings. The first-order valence-electron chi connectivity index (χ1n) is 44.4. The Balaban J connectivity index is 0.000000106. The van der Waals surface area contributed by atoms with Crippen molar-refractivity contribution in [1.82, 2.24) is 59.8 Å². The molecule has 0 spiro atoms. The molecule has 0 saturated heterocycles. The van der Waals surface area contributed by atoms with Crippen LogP contribution in [0.1, 0.15) is 55.6 Å². The fourth-order valence-corrected chi connectivity index (χ4v) is 23.2. The van der Waals surface area contributed by atoms with Gasteiger partial charge in [0.1, 0.15) is 44.4 Å². The molecule has 26 nitrogen and oxygen atoms in total. The number of anilines is 18. The molecule has 0 bridgehead atoms. The first-order chi connectivity index (χ1) is 67.8. The van der Waals surface area contributed by atoms with Crippen molar-refractivity contribution in [3.63, 3.8) is 0 Å². The van der Waals surface area contributed by atoms with Crippen LogP contribution < -0.4 is 62.0 Å². The van der Waals surface area contributed by atoms with E-state index in [1.165, 1.54) is 42.3 Å². The predicted octanol–water partition coefficient (Wildman–Crippen LogP) is 23.2. The van der Waals surface area contributed by atoms with Gasteiger partial charge in [-0.25, -0.2) is 62.5 Å². The summed E-state index contributed by atoms with van der Waals surface area (Å²) in [6.45, 7) is 16.2. The van der Waals surface area contributed by atoms with Crippen molar-refractivity contribution in [3.8, 4) is 34.5 Å². The Morgan fingerprint density at radius 3 is 1.28 bits per heavy atom. The molecule has 18 heterocycles. The average Bonchev–Trinajstić information content (AvgIpc) is 0.727. The standard InChI is InChI=1S/C19H17N3.C18H15N3O3S.C18H15N3O2S.C18H15N3O2.C18H15N3OS.C18H15N3Se/c1-13-10-16-11-15-7-5-9-20-18(15)22(19(16)21-12-13)17-8-4-3-6-14(17)2;1-12-10-16-18(20-11-12)21(13-6-3-4-7-14(13)24-2)17-15(25(16,22)23)8-5-9-19-17;1-12-10-16-18(20-11-12)21(13-6-3-4-7-14(13)23-2)17-15(24(16)22)8-5-9-19-17;2*1-12-10-16-18(20-11-12)21(13-6-3-4-7-14(13)22-2)17-15(23-16)8-5-9-19-17;1-12-10-16-18(20-11-12)21(14-7-4-3-6-13(14)2)17-15(22-16)8-5-9-19-17/h3-10,12H,11H2,1-2H3;3-11H,1-2H3;3-11H,1-2H3;2*3-11H,1-2H3;3-11H,1-2H3. The number of aryl methyl sites for hydroxylation is 8. The zero-order valence-electron chi connectivity index (χ0n) is 77.8. The molecule has 0 saturated carbocycles. The Morgan fingerprint density at radius 1 is 0.302 bits per heavy atom. The Hall–Kier alpha value is -16.1. The summed E-state index contributed by atoms with van der Waals surface area (Å²) >= 11 is 1.95. The normalized spacial score (nSPS) is 13.4. The van der Waals surface area contributed by atoms with Crippen LogP contribution in [-0.4, -0.2) is 116 Å². The number of nitrogens with zero attached hydrogens (tertiary/aromatic N) is 18.